The van der Waals surface area contributed by atoms with Crippen LogP contribution in [0.3, 0.4) is 0 Å². The van der Waals surface area contributed by atoms with Crippen molar-refractivity contribution in [2.75, 3.05) is 38.9 Å². The standard InChI is InChI=1S/C27H36N2O5/c1-4-5-18-34-19-8-17-28-27(31)23-15-16-25(30)29(20-11-13-21(32-2)14-12-20)26(23)22-9-6-7-10-24(22)33-3/h6-7,9-14,23,26H,4-5,8,15-19H2,1-3H3,(H,28,31). The highest BCUT2D eigenvalue weighted by molar-refractivity contribution is 5.97. The molecule has 0 aromatic heterocycles. The molecule has 2 aromatic rings. The van der Waals surface area contributed by atoms with Crippen LogP contribution in [0.15, 0.2) is 48.5 Å². The van der Waals surface area contributed by atoms with E-state index >= 15 is 0 Å². The van der Waals surface area contributed by atoms with Crippen molar-refractivity contribution in [3.05, 3.63) is 54.1 Å². The first-order valence-corrected chi connectivity index (χ1v) is 12.0. The summed E-state index contributed by atoms with van der Waals surface area (Å²) < 4.78 is 16.5. The van der Waals surface area contributed by atoms with Gasteiger partial charge in [0.2, 0.25) is 11.8 Å². The summed E-state index contributed by atoms with van der Waals surface area (Å²) in [6.45, 7) is 4.04. The zero-order chi connectivity index (χ0) is 24.3. The molecule has 2 amide bonds. The van der Waals surface area contributed by atoms with E-state index in [4.69, 9.17) is 14.2 Å². The van der Waals surface area contributed by atoms with Gasteiger partial charge in [0.25, 0.3) is 0 Å². The Labute approximate surface area is 202 Å². The van der Waals surface area contributed by atoms with Crippen LogP contribution in [-0.2, 0) is 14.3 Å². The number of piperidine rings is 1. The summed E-state index contributed by atoms with van der Waals surface area (Å²) in [5.41, 5.74) is 1.54. The minimum absolute atomic E-state index is 0.0190. The van der Waals surface area contributed by atoms with Gasteiger partial charge in [-0.15, -0.1) is 0 Å². The van der Waals surface area contributed by atoms with Crippen LogP contribution < -0.4 is 19.7 Å². The highest BCUT2D eigenvalue weighted by atomic mass is 16.5. The molecule has 34 heavy (non-hydrogen) atoms. The Morgan fingerprint density at radius 2 is 1.76 bits per heavy atom. The van der Waals surface area contributed by atoms with Gasteiger partial charge in [0, 0.05) is 37.4 Å². The van der Waals surface area contributed by atoms with Crippen molar-refractivity contribution in [2.24, 2.45) is 5.92 Å². The number of methoxy groups -OCH3 is 2. The van der Waals surface area contributed by atoms with Crippen molar-refractivity contribution in [3.63, 3.8) is 0 Å². The zero-order valence-electron chi connectivity index (χ0n) is 20.4. The molecule has 2 aromatic carbocycles. The Kier molecular flexibility index (Phi) is 9.76. The molecular weight excluding hydrogens is 432 g/mol. The molecule has 0 radical (unpaired) electrons. The number of unbranched alkanes of at least 4 members (excludes halogenated alkanes) is 1. The molecular formula is C27H36N2O5. The Balaban J connectivity index is 1.84. The Morgan fingerprint density at radius 1 is 1.03 bits per heavy atom. The molecule has 0 spiro atoms. The van der Waals surface area contributed by atoms with Crippen LogP contribution in [0.1, 0.15) is 50.6 Å². The predicted octanol–water partition coefficient (Wildman–Crippen LogP) is 4.51. The van der Waals surface area contributed by atoms with Gasteiger partial charge in [-0.2, -0.15) is 0 Å². The van der Waals surface area contributed by atoms with Crippen molar-refractivity contribution < 1.29 is 23.8 Å². The van der Waals surface area contributed by atoms with E-state index in [0.29, 0.717) is 37.5 Å². The highest BCUT2D eigenvalue weighted by Gasteiger charge is 2.42. The van der Waals surface area contributed by atoms with Gasteiger partial charge in [0.15, 0.2) is 0 Å². The van der Waals surface area contributed by atoms with Crippen LogP contribution in [0.25, 0.3) is 0 Å². The van der Waals surface area contributed by atoms with Crippen molar-refractivity contribution in [1.82, 2.24) is 5.32 Å². The quantitative estimate of drug-likeness (QED) is 0.464. The average molecular weight is 469 g/mol. The summed E-state index contributed by atoms with van der Waals surface area (Å²) in [5, 5.41) is 3.07. The van der Waals surface area contributed by atoms with Crippen LogP contribution in [0, 0.1) is 5.92 Å². The molecule has 2 atom stereocenters. The summed E-state index contributed by atoms with van der Waals surface area (Å²) in [5.74, 6) is 0.877. The second kappa shape index (κ2) is 13.0. The number of hydrogen-bond donors (Lipinski definition) is 1. The van der Waals surface area contributed by atoms with Crippen molar-refractivity contribution in [3.8, 4) is 11.5 Å². The zero-order valence-corrected chi connectivity index (χ0v) is 20.4. The normalized spacial score (nSPS) is 18.0. The number of nitrogens with one attached hydrogen (secondary N) is 1. The van der Waals surface area contributed by atoms with E-state index in [1.165, 1.54) is 0 Å². The lowest BCUT2D eigenvalue weighted by Gasteiger charge is -2.41. The SMILES string of the molecule is CCCCOCCCNC(=O)C1CCC(=O)N(c2ccc(OC)cc2)C1c1ccccc1OC. The van der Waals surface area contributed by atoms with Gasteiger partial charge in [-0.1, -0.05) is 31.5 Å². The number of carbonyl (C=O) groups is 2. The lowest BCUT2D eigenvalue weighted by molar-refractivity contribution is -0.129. The molecule has 7 nitrogen and oxygen atoms in total. The van der Waals surface area contributed by atoms with Gasteiger partial charge >= 0.3 is 0 Å². The summed E-state index contributed by atoms with van der Waals surface area (Å²) in [7, 11) is 3.21. The molecule has 1 saturated heterocycles. The van der Waals surface area contributed by atoms with Gasteiger partial charge in [0.05, 0.1) is 26.2 Å². The van der Waals surface area contributed by atoms with E-state index in [0.717, 1.165) is 37.1 Å². The Morgan fingerprint density at radius 3 is 2.47 bits per heavy atom. The van der Waals surface area contributed by atoms with Gasteiger partial charge in [-0.05, 0) is 49.6 Å². The molecule has 1 fully saturated rings. The molecule has 1 heterocycles. The fourth-order valence-corrected chi connectivity index (χ4v) is 4.35. The van der Waals surface area contributed by atoms with Gasteiger partial charge in [0.1, 0.15) is 11.5 Å². The molecule has 7 heteroatoms. The molecule has 0 aliphatic carbocycles. The highest BCUT2D eigenvalue weighted by Crippen LogP contribution is 2.43. The lowest BCUT2D eigenvalue weighted by Crippen LogP contribution is -2.48. The maximum Gasteiger partial charge on any atom is 0.227 e. The van der Waals surface area contributed by atoms with E-state index in [2.05, 4.69) is 12.2 Å². The van der Waals surface area contributed by atoms with Gasteiger partial charge < -0.3 is 24.4 Å². The number of ether oxygens (including phenoxy) is 3. The van der Waals surface area contributed by atoms with E-state index in [1.54, 1.807) is 19.1 Å². The van der Waals surface area contributed by atoms with Gasteiger partial charge in [-0.3, -0.25) is 9.59 Å². The van der Waals surface area contributed by atoms with E-state index in [-0.39, 0.29) is 11.8 Å². The molecule has 1 aliphatic heterocycles. The number of nitrogens with zero attached hydrogens (tertiary/aromatic N) is 1. The van der Waals surface area contributed by atoms with Crippen molar-refractivity contribution >= 4 is 17.5 Å². The van der Waals surface area contributed by atoms with Crippen LogP contribution in [0.4, 0.5) is 5.69 Å². The first kappa shape index (κ1) is 25.6. The fraction of sp³-hybridized carbons (Fsp3) is 0.481. The summed E-state index contributed by atoms with van der Waals surface area (Å²) >= 11 is 0. The van der Waals surface area contributed by atoms with Gasteiger partial charge in [-0.25, -0.2) is 0 Å². The maximum atomic E-state index is 13.3. The monoisotopic (exact) mass is 468 g/mol. The minimum atomic E-state index is -0.480. The molecule has 184 valence electrons. The fourth-order valence-electron chi connectivity index (χ4n) is 4.35. The van der Waals surface area contributed by atoms with E-state index in [1.807, 2.05) is 48.5 Å². The molecule has 0 bridgehead atoms. The molecule has 3 rings (SSSR count). The Bertz CT molecular complexity index is 931. The number of rotatable bonds is 12. The Hall–Kier alpha value is -3.06. The summed E-state index contributed by atoms with van der Waals surface area (Å²) in [4.78, 5) is 28.3. The number of amides is 2. The molecule has 1 aliphatic rings. The smallest absolute Gasteiger partial charge is 0.227 e. The van der Waals surface area contributed by atoms with Crippen LogP contribution in [0.2, 0.25) is 0 Å². The number of para-hydroxylation sites is 1. The molecule has 2 unspecified atom stereocenters. The minimum Gasteiger partial charge on any atom is -0.497 e. The predicted molar refractivity (Wildman–Crippen MR) is 132 cm³/mol. The molecule has 0 saturated carbocycles. The third-order valence-corrected chi connectivity index (χ3v) is 6.15. The average Bonchev–Trinajstić information content (AvgIpc) is 2.87. The number of carbonyl (C=O) groups excluding carboxylic acids is 2. The van der Waals surface area contributed by atoms with Crippen molar-refractivity contribution in [1.29, 1.82) is 0 Å². The van der Waals surface area contributed by atoms with Crippen molar-refractivity contribution in [2.45, 2.75) is 45.1 Å². The van der Waals surface area contributed by atoms with Crippen LogP contribution in [0.5, 0.6) is 11.5 Å². The number of anilines is 1. The summed E-state index contributed by atoms with van der Waals surface area (Å²) in [6.07, 6.45) is 3.68. The third-order valence-electron chi connectivity index (χ3n) is 6.15. The third kappa shape index (κ3) is 6.29. The first-order valence-electron chi connectivity index (χ1n) is 12.0. The maximum absolute atomic E-state index is 13.3. The van der Waals surface area contributed by atoms with Crippen LogP contribution in [-0.4, -0.2) is 45.8 Å². The largest absolute Gasteiger partial charge is 0.497 e. The number of benzene rings is 2. The lowest BCUT2D eigenvalue weighted by atomic mass is 9.82. The first-order chi connectivity index (χ1) is 16.6. The topological polar surface area (TPSA) is 77.1 Å². The second-order valence-corrected chi connectivity index (χ2v) is 8.40. The van der Waals surface area contributed by atoms with Crippen LogP contribution >= 0.6 is 0 Å². The van der Waals surface area contributed by atoms with E-state index < -0.39 is 12.0 Å². The van der Waals surface area contributed by atoms with E-state index in [9.17, 15) is 9.59 Å². The molecule has 1 N–H and O–H groups in total. The second-order valence-electron chi connectivity index (χ2n) is 8.40. The summed E-state index contributed by atoms with van der Waals surface area (Å²) in [6, 6.07) is 14.5. The number of hydrogen-bond acceptors (Lipinski definition) is 5.